The van der Waals surface area contributed by atoms with E-state index in [-0.39, 0.29) is 12.6 Å². The number of esters is 1. The van der Waals surface area contributed by atoms with E-state index in [1.807, 2.05) is 6.92 Å². The Morgan fingerprint density at radius 1 is 0.913 bits per heavy atom. The molecule has 0 heterocycles. The van der Waals surface area contributed by atoms with Gasteiger partial charge in [-0.25, -0.2) is 0 Å². The van der Waals surface area contributed by atoms with Gasteiger partial charge in [0.2, 0.25) is 0 Å². The van der Waals surface area contributed by atoms with E-state index in [1.54, 1.807) is 0 Å². The van der Waals surface area contributed by atoms with Crippen molar-refractivity contribution in [2.24, 2.45) is 0 Å². The van der Waals surface area contributed by atoms with Gasteiger partial charge < -0.3 is 9.84 Å². The van der Waals surface area contributed by atoms with E-state index >= 15 is 0 Å². The predicted molar refractivity (Wildman–Crippen MR) is 97.5 cm³/mol. The van der Waals surface area contributed by atoms with Crippen molar-refractivity contribution in [2.45, 2.75) is 103 Å². The first-order chi connectivity index (χ1) is 11.2. The summed E-state index contributed by atoms with van der Waals surface area (Å²) in [5, 5.41) is 9.31. The van der Waals surface area contributed by atoms with E-state index < -0.39 is 6.10 Å². The zero-order chi connectivity index (χ0) is 17.2. The Hall–Kier alpha value is -0.830. The van der Waals surface area contributed by atoms with Gasteiger partial charge >= 0.3 is 5.97 Å². The second-order valence-electron chi connectivity index (χ2n) is 6.37. The molecule has 0 aliphatic heterocycles. The molecule has 0 aromatic carbocycles. The van der Waals surface area contributed by atoms with Crippen LogP contribution in [0, 0.1) is 0 Å². The molecule has 0 aliphatic rings. The molecule has 23 heavy (non-hydrogen) atoms. The van der Waals surface area contributed by atoms with Crippen molar-refractivity contribution in [2.75, 3.05) is 6.61 Å². The van der Waals surface area contributed by atoms with Crippen molar-refractivity contribution in [3.05, 3.63) is 12.2 Å². The van der Waals surface area contributed by atoms with Crippen LogP contribution in [-0.4, -0.2) is 23.8 Å². The van der Waals surface area contributed by atoms with Crippen LogP contribution >= 0.6 is 0 Å². The van der Waals surface area contributed by atoms with Gasteiger partial charge in [0.05, 0.1) is 6.10 Å². The standard InChI is InChI=1S/C20H38O3/c1-3-5-6-7-8-9-10-11-12-13-14-15-16-17-20(22)23-18-19(21)4-2/h9-10,19,21H,3-8,11-18H2,1-2H3/b10-9+. The van der Waals surface area contributed by atoms with Crippen molar-refractivity contribution in [3.8, 4) is 0 Å². The van der Waals surface area contributed by atoms with Crippen LogP contribution in [0.15, 0.2) is 12.2 Å². The van der Waals surface area contributed by atoms with E-state index in [2.05, 4.69) is 19.1 Å². The molecule has 0 aromatic rings. The normalized spacial score (nSPS) is 12.7. The number of hydrogen-bond donors (Lipinski definition) is 1. The number of aliphatic hydroxyl groups excluding tert-OH is 1. The molecule has 3 nitrogen and oxygen atoms in total. The third kappa shape index (κ3) is 17.4. The highest BCUT2D eigenvalue weighted by Gasteiger charge is 2.06. The van der Waals surface area contributed by atoms with Gasteiger partial charge in [-0.05, 0) is 38.5 Å². The number of ether oxygens (including phenoxy) is 1. The summed E-state index contributed by atoms with van der Waals surface area (Å²) in [5.41, 5.74) is 0. The van der Waals surface area contributed by atoms with E-state index in [4.69, 9.17) is 4.74 Å². The predicted octanol–water partition coefficient (Wildman–Crippen LogP) is 5.56. The molecular formula is C20H38O3. The van der Waals surface area contributed by atoms with Crippen LogP contribution in [-0.2, 0) is 9.53 Å². The van der Waals surface area contributed by atoms with Gasteiger partial charge in [-0.2, -0.15) is 0 Å². The summed E-state index contributed by atoms with van der Waals surface area (Å²) in [7, 11) is 0. The first kappa shape index (κ1) is 22.2. The third-order valence-electron chi connectivity index (χ3n) is 4.05. The SMILES string of the molecule is CCCCCC/C=C/CCCCCCCC(=O)OCC(O)CC. The number of unbranched alkanes of at least 4 members (excludes halogenated alkanes) is 9. The Balaban J connectivity index is 3.24. The van der Waals surface area contributed by atoms with E-state index in [0.717, 1.165) is 12.8 Å². The van der Waals surface area contributed by atoms with Gasteiger partial charge in [-0.3, -0.25) is 4.79 Å². The van der Waals surface area contributed by atoms with Crippen LogP contribution in [0.25, 0.3) is 0 Å². The van der Waals surface area contributed by atoms with Gasteiger partial charge in [0.1, 0.15) is 6.61 Å². The number of hydrogen-bond acceptors (Lipinski definition) is 3. The molecule has 0 rings (SSSR count). The van der Waals surface area contributed by atoms with Crippen LogP contribution in [0.4, 0.5) is 0 Å². The van der Waals surface area contributed by atoms with Crippen LogP contribution in [0.3, 0.4) is 0 Å². The van der Waals surface area contributed by atoms with Crippen LogP contribution in [0.1, 0.15) is 97.3 Å². The smallest absolute Gasteiger partial charge is 0.305 e. The third-order valence-corrected chi connectivity index (χ3v) is 4.05. The van der Waals surface area contributed by atoms with Gasteiger partial charge in [-0.1, -0.05) is 64.5 Å². The average molecular weight is 327 g/mol. The van der Waals surface area contributed by atoms with Crippen molar-refractivity contribution >= 4 is 5.97 Å². The number of aliphatic hydroxyl groups is 1. The van der Waals surface area contributed by atoms with Crippen molar-refractivity contribution in [1.82, 2.24) is 0 Å². The maximum absolute atomic E-state index is 11.4. The average Bonchev–Trinajstić information content (AvgIpc) is 2.56. The summed E-state index contributed by atoms with van der Waals surface area (Å²) >= 11 is 0. The number of carbonyl (C=O) groups is 1. The van der Waals surface area contributed by atoms with Gasteiger partial charge in [0, 0.05) is 6.42 Å². The quantitative estimate of drug-likeness (QED) is 0.229. The monoisotopic (exact) mass is 326 g/mol. The Morgan fingerprint density at radius 3 is 2.09 bits per heavy atom. The van der Waals surface area contributed by atoms with Gasteiger partial charge in [0.15, 0.2) is 0 Å². The Bertz CT molecular complexity index is 287. The molecule has 3 heteroatoms. The highest BCUT2D eigenvalue weighted by molar-refractivity contribution is 5.69. The molecule has 0 aromatic heterocycles. The van der Waals surface area contributed by atoms with Crippen molar-refractivity contribution in [3.63, 3.8) is 0 Å². The molecule has 136 valence electrons. The van der Waals surface area contributed by atoms with E-state index in [0.29, 0.717) is 12.8 Å². The summed E-state index contributed by atoms with van der Waals surface area (Å²) in [6.07, 6.45) is 18.7. The number of rotatable bonds is 16. The summed E-state index contributed by atoms with van der Waals surface area (Å²) in [6.45, 7) is 4.26. The number of allylic oxidation sites excluding steroid dienone is 2. The Morgan fingerprint density at radius 2 is 1.48 bits per heavy atom. The fourth-order valence-electron chi connectivity index (χ4n) is 2.37. The Labute approximate surface area is 143 Å². The first-order valence-electron chi connectivity index (χ1n) is 9.69. The van der Waals surface area contributed by atoms with Crippen LogP contribution in [0.2, 0.25) is 0 Å². The second-order valence-corrected chi connectivity index (χ2v) is 6.37. The fraction of sp³-hybridized carbons (Fsp3) is 0.850. The summed E-state index contributed by atoms with van der Waals surface area (Å²) in [5.74, 6) is -0.177. The minimum atomic E-state index is -0.515. The lowest BCUT2D eigenvalue weighted by Gasteiger charge is -2.08. The van der Waals surface area contributed by atoms with Gasteiger partial charge in [-0.15, -0.1) is 0 Å². The summed E-state index contributed by atoms with van der Waals surface area (Å²) in [4.78, 5) is 11.4. The maximum atomic E-state index is 11.4. The molecule has 0 saturated carbocycles. The zero-order valence-corrected chi connectivity index (χ0v) is 15.4. The Kier molecular flexibility index (Phi) is 16.9. The van der Waals surface area contributed by atoms with E-state index in [1.165, 1.54) is 57.8 Å². The molecule has 0 bridgehead atoms. The lowest BCUT2D eigenvalue weighted by atomic mass is 10.1. The molecule has 0 saturated heterocycles. The van der Waals surface area contributed by atoms with Gasteiger partial charge in [0.25, 0.3) is 0 Å². The second kappa shape index (κ2) is 17.5. The van der Waals surface area contributed by atoms with Crippen LogP contribution in [0.5, 0.6) is 0 Å². The highest BCUT2D eigenvalue weighted by atomic mass is 16.5. The number of carbonyl (C=O) groups excluding carboxylic acids is 1. The first-order valence-corrected chi connectivity index (χ1v) is 9.69. The van der Waals surface area contributed by atoms with E-state index in [9.17, 15) is 9.90 Å². The highest BCUT2D eigenvalue weighted by Crippen LogP contribution is 2.09. The minimum Gasteiger partial charge on any atom is -0.463 e. The molecule has 1 atom stereocenters. The molecule has 0 spiro atoms. The van der Waals surface area contributed by atoms with Crippen molar-refractivity contribution < 1.29 is 14.6 Å². The topological polar surface area (TPSA) is 46.5 Å². The fourth-order valence-corrected chi connectivity index (χ4v) is 2.37. The lowest BCUT2D eigenvalue weighted by molar-refractivity contribution is -0.146. The molecule has 0 fully saturated rings. The molecular weight excluding hydrogens is 288 g/mol. The maximum Gasteiger partial charge on any atom is 0.305 e. The molecule has 0 radical (unpaired) electrons. The largest absolute Gasteiger partial charge is 0.463 e. The van der Waals surface area contributed by atoms with Crippen LogP contribution < -0.4 is 0 Å². The molecule has 0 amide bonds. The molecule has 0 aliphatic carbocycles. The molecule has 1 N–H and O–H groups in total. The minimum absolute atomic E-state index is 0.139. The summed E-state index contributed by atoms with van der Waals surface area (Å²) < 4.78 is 5.00. The zero-order valence-electron chi connectivity index (χ0n) is 15.4. The summed E-state index contributed by atoms with van der Waals surface area (Å²) in [6, 6.07) is 0. The lowest BCUT2D eigenvalue weighted by Crippen LogP contribution is -2.17. The molecule has 1 unspecified atom stereocenters. The van der Waals surface area contributed by atoms with Crippen molar-refractivity contribution in [1.29, 1.82) is 0 Å².